The molecule has 3 rings (SSSR count). The Morgan fingerprint density at radius 3 is 2.81 bits per heavy atom. The van der Waals surface area contributed by atoms with Gasteiger partial charge in [-0.25, -0.2) is 4.98 Å². The molecule has 0 atom stereocenters. The highest BCUT2D eigenvalue weighted by Crippen LogP contribution is 2.30. The van der Waals surface area contributed by atoms with Crippen LogP contribution < -0.4 is 4.74 Å². The van der Waals surface area contributed by atoms with Crippen molar-refractivity contribution in [3.05, 3.63) is 52.8 Å². The van der Waals surface area contributed by atoms with Gasteiger partial charge in [0.2, 0.25) is 0 Å². The van der Waals surface area contributed by atoms with Gasteiger partial charge in [0.15, 0.2) is 0 Å². The number of halogens is 2. The van der Waals surface area contributed by atoms with Gasteiger partial charge in [-0.3, -0.25) is 4.57 Å². The highest BCUT2D eigenvalue weighted by Gasteiger charge is 2.14. The lowest BCUT2D eigenvalue weighted by atomic mass is 10.2. The Morgan fingerprint density at radius 1 is 1.24 bits per heavy atom. The lowest BCUT2D eigenvalue weighted by Crippen LogP contribution is -2.03. The van der Waals surface area contributed by atoms with Crippen LogP contribution in [0.2, 0.25) is 0 Å². The van der Waals surface area contributed by atoms with Crippen LogP contribution in [-0.2, 0) is 6.42 Å². The first-order valence-corrected chi connectivity index (χ1v) is 7.93. The first kappa shape index (κ1) is 14.4. The summed E-state index contributed by atoms with van der Waals surface area (Å²) in [4.78, 5) is 4.69. The van der Waals surface area contributed by atoms with E-state index in [0.29, 0.717) is 12.3 Å². The number of para-hydroxylation sites is 2. The Balaban J connectivity index is 2.29. The van der Waals surface area contributed by atoms with E-state index >= 15 is 0 Å². The predicted molar refractivity (Wildman–Crippen MR) is 89.7 cm³/mol. The van der Waals surface area contributed by atoms with Crippen LogP contribution in [0.25, 0.3) is 16.7 Å². The van der Waals surface area contributed by atoms with Gasteiger partial charge in [-0.2, -0.15) is 0 Å². The molecule has 21 heavy (non-hydrogen) atoms. The number of hydrogen-bond acceptors (Lipinski definition) is 2. The monoisotopic (exact) mass is 364 g/mol. The van der Waals surface area contributed by atoms with E-state index in [0.717, 1.165) is 32.8 Å². The summed E-state index contributed by atoms with van der Waals surface area (Å²) in [6.45, 7) is 0. The third-order valence-electron chi connectivity index (χ3n) is 3.34. The SMILES string of the molecule is COc1ccc(Br)c(-n2c(CCCl)nc3ccccc32)c1. The summed E-state index contributed by atoms with van der Waals surface area (Å²) in [6, 6.07) is 14.0. The lowest BCUT2D eigenvalue weighted by Gasteiger charge is -2.12. The second-order valence-electron chi connectivity index (χ2n) is 4.61. The maximum absolute atomic E-state index is 5.93. The van der Waals surface area contributed by atoms with Gasteiger partial charge in [0.25, 0.3) is 0 Å². The van der Waals surface area contributed by atoms with E-state index in [-0.39, 0.29) is 0 Å². The fourth-order valence-corrected chi connectivity index (χ4v) is 2.98. The number of methoxy groups -OCH3 is 1. The smallest absolute Gasteiger partial charge is 0.121 e. The standard InChI is InChI=1S/C16H14BrClN2O/c1-21-11-6-7-12(17)15(10-11)20-14-5-3-2-4-13(14)19-16(20)8-9-18/h2-7,10H,8-9H2,1H3. The predicted octanol–water partition coefficient (Wildman–Crippen LogP) is 4.58. The number of hydrogen-bond donors (Lipinski definition) is 0. The van der Waals surface area contributed by atoms with Crippen LogP contribution in [0.1, 0.15) is 5.82 Å². The van der Waals surface area contributed by atoms with Crippen LogP contribution in [0, 0.1) is 0 Å². The van der Waals surface area contributed by atoms with Gasteiger partial charge in [-0.15, -0.1) is 11.6 Å². The van der Waals surface area contributed by atoms with E-state index in [1.54, 1.807) is 7.11 Å². The molecule has 0 spiro atoms. The van der Waals surface area contributed by atoms with Crippen molar-refractivity contribution in [3.8, 4) is 11.4 Å². The molecule has 0 saturated carbocycles. The number of fused-ring (bicyclic) bond motifs is 1. The molecule has 3 nitrogen and oxygen atoms in total. The number of aryl methyl sites for hydroxylation is 1. The number of aromatic nitrogens is 2. The summed E-state index contributed by atoms with van der Waals surface area (Å²) < 4.78 is 8.46. The Bertz CT molecular complexity index is 785. The Kier molecular flexibility index (Phi) is 4.17. The fourth-order valence-electron chi connectivity index (χ4n) is 2.39. The largest absolute Gasteiger partial charge is 0.497 e. The van der Waals surface area contributed by atoms with Crippen molar-refractivity contribution >= 4 is 38.6 Å². The van der Waals surface area contributed by atoms with E-state index in [1.165, 1.54) is 0 Å². The van der Waals surface area contributed by atoms with Crippen molar-refractivity contribution in [2.45, 2.75) is 6.42 Å². The molecule has 1 aromatic heterocycles. The number of benzene rings is 2. The molecule has 0 fully saturated rings. The van der Waals surface area contributed by atoms with E-state index in [1.807, 2.05) is 36.4 Å². The number of alkyl halides is 1. The van der Waals surface area contributed by atoms with E-state index in [2.05, 4.69) is 26.6 Å². The Hall–Kier alpha value is -1.52. The summed E-state index contributed by atoms with van der Waals surface area (Å²) in [5, 5.41) is 0. The van der Waals surface area contributed by atoms with Gasteiger partial charge in [0.1, 0.15) is 11.6 Å². The molecule has 3 aromatic rings. The quantitative estimate of drug-likeness (QED) is 0.633. The number of rotatable bonds is 4. The first-order valence-electron chi connectivity index (χ1n) is 6.61. The molecular weight excluding hydrogens is 352 g/mol. The Morgan fingerprint density at radius 2 is 2.05 bits per heavy atom. The van der Waals surface area contributed by atoms with Crippen LogP contribution in [0.5, 0.6) is 5.75 Å². The minimum atomic E-state index is 0.533. The molecule has 0 aliphatic heterocycles. The zero-order valence-electron chi connectivity index (χ0n) is 11.5. The fraction of sp³-hybridized carbons (Fsp3) is 0.188. The van der Waals surface area contributed by atoms with Gasteiger partial charge in [-0.1, -0.05) is 12.1 Å². The van der Waals surface area contributed by atoms with Crippen LogP contribution in [0.4, 0.5) is 0 Å². The molecular formula is C16H14BrClN2O. The van der Waals surface area contributed by atoms with Crippen LogP contribution in [-0.4, -0.2) is 22.5 Å². The van der Waals surface area contributed by atoms with E-state index in [9.17, 15) is 0 Å². The van der Waals surface area contributed by atoms with Crippen molar-refractivity contribution < 1.29 is 4.74 Å². The molecule has 108 valence electrons. The minimum Gasteiger partial charge on any atom is -0.497 e. The minimum absolute atomic E-state index is 0.533. The topological polar surface area (TPSA) is 27.1 Å². The van der Waals surface area contributed by atoms with Gasteiger partial charge in [0, 0.05) is 22.8 Å². The summed E-state index contributed by atoms with van der Waals surface area (Å²) in [5.41, 5.74) is 3.03. The molecule has 0 saturated heterocycles. The van der Waals surface area contributed by atoms with E-state index < -0.39 is 0 Å². The number of imidazole rings is 1. The molecule has 1 heterocycles. The molecule has 0 bridgehead atoms. The summed E-state index contributed by atoms with van der Waals surface area (Å²) in [5.74, 6) is 2.29. The summed E-state index contributed by atoms with van der Waals surface area (Å²) >= 11 is 9.55. The zero-order chi connectivity index (χ0) is 14.8. The highest BCUT2D eigenvalue weighted by molar-refractivity contribution is 9.10. The van der Waals surface area contributed by atoms with Crippen molar-refractivity contribution in [3.63, 3.8) is 0 Å². The third kappa shape index (κ3) is 2.65. The van der Waals surface area contributed by atoms with Gasteiger partial charge >= 0.3 is 0 Å². The van der Waals surface area contributed by atoms with Crippen molar-refractivity contribution in [1.82, 2.24) is 9.55 Å². The Labute approximate surface area is 136 Å². The van der Waals surface area contributed by atoms with Crippen LogP contribution in [0.3, 0.4) is 0 Å². The highest BCUT2D eigenvalue weighted by atomic mass is 79.9. The van der Waals surface area contributed by atoms with Crippen molar-refractivity contribution in [2.24, 2.45) is 0 Å². The molecule has 0 aliphatic rings. The number of nitrogens with zero attached hydrogens (tertiary/aromatic N) is 2. The average Bonchev–Trinajstić information content (AvgIpc) is 2.86. The first-order chi connectivity index (χ1) is 10.2. The van der Waals surface area contributed by atoms with Gasteiger partial charge in [0.05, 0.1) is 23.8 Å². The van der Waals surface area contributed by atoms with Crippen LogP contribution in [0.15, 0.2) is 46.9 Å². The molecule has 0 radical (unpaired) electrons. The maximum atomic E-state index is 5.93. The molecule has 0 aliphatic carbocycles. The van der Waals surface area contributed by atoms with E-state index in [4.69, 9.17) is 21.3 Å². The number of ether oxygens (including phenoxy) is 1. The third-order valence-corrected chi connectivity index (χ3v) is 4.20. The summed E-state index contributed by atoms with van der Waals surface area (Å²) in [6.07, 6.45) is 0.708. The normalized spacial score (nSPS) is 11.0. The second-order valence-corrected chi connectivity index (χ2v) is 5.84. The van der Waals surface area contributed by atoms with Crippen LogP contribution >= 0.6 is 27.5 Å². The molecule has 0 N–H and O–H groups in total. The van der Waals surface area contributed by atoms with Gasteiger partial charge in [-0.05, 0) is 40.2 Å². The lowest BCUT2D eigenvalue weighted by molar-refractivity contribution is 0.414. The molecule has 5 heteroatoms. The van der Waals surface area contributed by atoms with Gasteiger partial charge < -0.3 is 4.74 Å². The molecule has 0 amide bonds. The average molecular weight is 366 g/mol. The molecule has 2 aromatic carbocycles. The second kappa shape index (κ2) is 6.08. The van der Waals surface area contributed by atoms with Crippen molar-refractivity contribution in [1.29, 1.82) is 0 Å². The molecule has 0 unspecified atom stereocenters. The maximum Gasteiger partial charge on any atom is 0.121 e. The van der Waals surface area contributed by atoms with Crippen molar-refractivity contribution in [2.75, 3.05) is 13.0 Å². The zero-order valence-corrected chi connectivity index (χ0v) is 13.9. The summed E-state index contributed by atoms with van der Waals surface area (Å²) in [7, 11) is 1.67.